The van der Waals surface area contributed by atoms with E-state index in [1.807, 2.05) is 18.2 Å². The maximum absolute atomic E-state index is 11.1. The van der Waals surface area contributed by atoms with Crippen LogP contribution in [-0.4, -0.2) is 24.4 Å². The number of methoxy groups -OCH3 is 1. The fourth-order valence-corrected chi connectivity index (χ4v) is 2.45. The molecule has 0 radical (unpaired) electrons. The van der Waals surface area contributed by atoms with E-state index in [1.165, 1.54) is 18.9 Å². The van der Waals surface area contributed by atoms with Gasteiger partial charge in [0, 0.05) is 17.0 Å². The van der Waals surface area contributed by atoms with Crippen molar-refractivity contribution in [3.63, 3.8) is 0 Å². The molecule has 1 aromatic rings. The van der Waals surface area contributed by atoms with Crippen molar-refractivity contribution < 1.29 is 9.53 Å². The minimum atomic E-state index is -0.250. The zero-order valence-corrected chi connectivity index (χ0v) is 13.3. The van der Waals surface area contributed by atoms with E-state index >= 15 is 0 Å². The maximum Gasteiger partial charge on any atom is 0.315 e. The molecule has 0 aliphatic rings. The lowest BCUT2D eigenvalue weighted by atomic mass is 10.1. The van der Waals surface area contributed by atoms with Crippen LogP contribution in [0.15, 0.2) is 23.1 Å². The lowest BCUT2D eigenvalue weighted by Crippen LogP contribution is -2.35. The third-order valence-electron chi connectivity index (χ3n) is 2.39. The summed E-state index contributed by atoms with van der Waals surface area (Å²) in [5.74, 6) is 0.0232. The molecule has 0 unspecified atom stereocenters. The first kappa shape index (κ1) is 16.3. The van der Waals surface area contributed by atoms with Crippen LogP contribution in [0.4, 0.5) is 0 Å². The van der Waals surface area contributed by atoms with Gasteiger partial charge >= 0.3 is 5.97 Å². The first-order valence-electron chi connectivity index (χ1n) is 6.05. The van der Waals surface area contributed by atoms with Crippen molar-refractivity contribution >= 4 is 29.3 Å². The van der Waals surface area contributed by atoms with Crippen LogP contribution in [0.2, 0.25) is 5.02 Å². The van der Waals surface area contributed by atoms with Crippen LogP contribution in [0.5, 0.6) is 0 Å². The van der Waals surface area contributed by atoms with Crippen LogP contribution in [0.25, 0.3) is 0 Å². The van der Waals surface area contributed by atoms with E-state index in [4.69, 9.17) is 11.6 Å². The number of ether oxygens (including phenoxy) is 1. The van der Waals surface area contributed by atoms with Gasteiger partial charge < -0.3 is 10.1 Å². The lowest BCUT2D eigenvalue weighted by Gasteiger charge is -2.20. The minimum Gasteiger partial charge on any atom is -0.468 e. The fraction of sp³-hybridized carbons (Fsp3) is 0.500. The molecule has 0 saturated carbocycles. The zero-order chi connectivity index (χ0) is 14.5. The van der Waals surface area contributed by atoms with Crippen LogP contribution >= 0.6 is 23.4 Å². The molecule has 0 spiro atoms. The number of thioether (sulfide) groups is 1. The SMILES string of the molecule is COC(=O)CSc1ccc(CNC(C)(C)C)cc1Cl. The summed E-state index contributed by atoms with van der Waals surface area (Å²) in [5, 5.41) is 4.07. The number of carbonyl (C=O) groups excluding carboxylic acids is 1. The Labute approximate surface area is 124 Å². The van der Waals surface area contributed by atoms with Crippen molar-refractivity contribution in [3.05, 3.63) is 28.8 Å². The Kier molecular flexibility index (Phi) is 6.17. The lowest BCUT2D eigenvalue weighted by molar-refractivity contribution is -0.137. The molecule has 1 aromatic carbocycles. The van der Waals surface area contributed by atoms with E-state index in [0.29, 0.717) is 5.02 Å². The summed E-state index contributed by atoms with van der Waals surface area (Å²) in [7, 11) is 1.38. The van der Waals surface area contributed by atoms with Gasteiger partial charge in [0.25, 0.3) is 0 Å². The predicted molar refractivity (Wildman–Crippen MR) is 80.8 cm³/mol. The quantitative estimate of drug-likeness (QED) is 0.667. The van der Waals surface area contributed by atoms with E-state index < -0.39 is 0 Å². The Balaban J connectivity index is 2.61. The average Bonchev–Trinajstić information content (AvgIpc) is 2.34. The van der Waals surface area contributed by atoms with Crippen molar-refractivity contribution in [1.29, 1.82) is 0 Å². The zero-order valence-electron chi connectivity index (χ0n) is 11.7. The molecule has 0 atom stereocenters. The second-order valence-electron chi connectivity index (χ2n) is 5.23. The molecule has 1 rings (SSSR count). The number of nitrogens with one attached hydrogen (secondary N) is 1. The van der Waals surface area contributed by atoms with Gasteiger partial charge in [-0.2, -0.15) is 0 Å². The number of esters is 1. The van der Waals surface area contributed by atoms with Gasteiger partial charge in [-0.25, -0.2) is 0 Å². The van der Waals surface area contributed by atoms with Crippen molar-refractivity contribution in [1.82, 2.24) is 5.32 Å². The summed E-state index contributed by atoms with van der Waals surface area (Å²) in [4.78, 5) is 12.0. The van der Waals surface area contributed by atoms with Gasteiger partial charge in [-0.3, -0.25) is 4.79 Å². The Morgan fingerprint density at radius 3 is 2.63 bits per heavy atom. The molecule has 5 heteroatoms. The normalized spacial score (nSPS) is 11.4. The van der Waals surface area contributed by atoms with Crippen molar-refractivity contribution in [3.8, 4) is 0 Å². The van der Waals surface area contributed by atoms with Crippen LogP contribution in [0.3, 0.4) is 0 Å². The van der Waals surface area contributed by atoms with Gasteiger partial charge in [0.05, 0.1) is 17.9 Å². The molecule has 0 aliphatic carbocycles. The topological polar surface area (TPSA) is 38.3 Å². The van der Waals surface area contributed by atoms with Gasteiger partial charge in [-0.1, -0.05) is 17.7 Å². The Hall–Kier alpha value is -0.710. The number of rotatable bonds is 5. The molecule has 0 amide bonds. The molecule has 106 valence electrons. The number of carbonyl (C=O) groups is 1. The van der Waals surface area contributed by atoms with Gasteiger partial charge in [-0.05, 0) is 38.5 Å². The van der Waals surface area contributed by atoms with Gasteiger partial charge in [-0.15, -0.1) is 11.8 Å². The third kappa shape index (κ3) is 6.32. The summed E-state index contributed by atoms with van der Waals surface area (Å²) in [6.07, 6.45) is 0. The van der Waals surface area contributed by atoms with Crippen molar-refractivity contribution in [2.75, 3.05) is 12.9 Å². The molecule has 0 aliphatic heterocycles. The smallest absolute Gasteiger partial charge is 0.315 e. The fourth-order valence-electron chi connectivity index (χ4n) is 1.33. The Bertz CT molecular complexity index is 444. The number of benzene rings is 1. The summed E-state index contributed by atoms with van der Waals surface area (Å²) in [6, 6.07) is 5.89. The minimum absolute atomic E-state index is 0.0742. The van der Waals surface area contributed by atoms with Crippen LogP contribution in [0.1, 0.15) is 26.3 Å². The molecule has 0 saturated heterocycles. The highest BCUT2D eigenvalue weighted by molar-refractivity contribution is 8.00. The largest absolute Gasteiger partial charge is 0.468 e. The van der Waals surface area contributed by atoms with Crippen LogP contribution in [0, 0.1) is 0 Å². The van der Waals surface area contributed by atoms with Crippen molar-refractivity contribution in [2.45, 2.75) is 37.8 Å². The molecule has 3 nitrogen and oxygen atoms in total. The first-order valence-corrected chi connectivity index (χ1v) is 7.41. The van der Waals surface area contributed by atoms with Crippen LogP contribution < -0.4 is 5.32 Å². The maximum atomic E-state index is 11.1. The van der Waals surface area contributed by atoms with E-state index in [1.54, 1.807) is 0 Å². The van der Waals surface area contributed by atoms with Crippen LogP contribution in [-0.2, 0) is 16.1 Å². The van der Waals surface area contributed by atoms with Gasteiger partial charge in [0.15, 0.2) is 0 Å². The average molecular weight is 302 g/mol. The molecule has 1 N–H and O–H groups in total. The second kappa shape index (κ2) is 7.17. The van der Waals surface area contributed by atoms with Gasteiger partial charge in [0.2, 0.25) is 0 Å². The Morgan fingerprint density at radius 2 is 2.11 bits per heavy atom. The highest BCUT2D eigenvalue weighted by Gasteiger charge is 2.10. The molecule has 0 bridgehead atoms. The van der Waals surface area contributed by atoms with Gasteiger partial charge in [0.1, 0.15) is 0 Å². The monoisotopic (exact) mass is 301 g/mol. The highest BCUT2D eigenvalue weighted by Crippen LogP contribution is 2.28. The summed E-state index contributed by atoms with van der Waals surface area (Å²) < 4.78 is 4.60. The highest BCUT2D eigenvalue weighted by atomic mass is 35.5. The molecule has 0 aromatic heterocycles. The molecule has 0 fully saturated rings. The van der Waals surface area contributed by atoms with E-state index in [9.17, 15) is 4.79 Å². The number of hydrogen-bond donors (Lipinski definition) is 1. The number of halogens is 1. The molecular weight excluding hydrogens is 282 g/mol. The standard InChI is InChI=1S/C14H20ClNO2S/c1-14(2,3)16-8-10-5-6-12(11(15)7-10)19-9-13(17)18-4/h5-7,16H,8-9H2,1-4H3. The second-order valence-corrected chi connectivity index (χ2v) is 6.66. The summed E-state index contributed by atoms with van der Waals surface area (Å²) in [6.45, 7) is 7.13. The summed E-state index contributed by atoms with van der Waals surface area (Å²) in [5.41, 5.74) is 1.20. The first-order chi connectivity index (χ1) is 8.81. The molecule has 0 heterocycles. The Morgan fingerprint density at radius 1 is 1.42 bits per heavy atom. The predicted octanol–water partition coefficient (Wildman–Crippen LogP) is 3.49. The van der Waals surface area contributed by atoms with E-state index in [2.05, 4.69) is 30.8 Å². The number of hydrogen-bond acceptors (Lipinski definition) is 4. The summed E-state index contributed by atoms with van der Waals surface area (Å²) >= 11 is 7.59. The van der Waals surface area contributed by atoms with E-state index in [0.717, 1.165) is 17.0 Å². The van der Waals surface area contributed by atoms with E-state index in [-0.39, 0.29) is 17.3 Å². The molecular formula is C14H20ClNO2S. The third-order valence-corrected chi connectivity index (χ3v) is 3.86. The molecule has 19 heavy (non-hydrogen) atoms. The van der Waals surface area contributed by atoms with Crippen molar-refractivity contribution in [2.24, 2.45) is 0 Å².